The Bertz CT molecular complexity index is 461. The first kappa shape index (κ1) is 9.99. The second kappa shape index (κ2) is 4.23. The standard InChI is InChI=1S/C9H10ClNO2/c1-3-6-7(4-2)11-8(5-10)13-9(6)12/h3-4H,5H2,1-2H3/b6-3+,7-4+. The van der Waals surface area contributed by atoms with Crippen molar-refractivity contribution in [3.8, 4) is 0 Å². The first-order valence-corrected chi connectivity index (χ1v) is 4.45. The van der Waals surface area contributed by atoms with Gasteiger partial charge in [0, 0.05) is 0 Å². The van der Waals surface area contributed by atoms with E-state index < -0.39 is 0 Å². The lowest BCUT2D eigenvalue weighted by Gasteiger charge is -1.92. The van der Waals surface area contributed by atoms with E-state index in [2.05, 4.69) is 4.98 Å². The fourth-order valence-electron chi connectivity index (χ4n) is 1.03. The Morgan fingerprint density at radius 1 is 1.46 bits per heavy atom. The highest BCUT2D eigenvalue weighted by atomic mass is 35.5. The molecular formula is C9H10ClNO2. The van der Waals surface area contributed by atoms with Gasteiger partial charge in [-0.3, -0.25) is 0 Å². The van der Waals surface area contributed by atoms with Crippen LogP contribution in [0.4, 0.5) is 0 Å². The van der Waals surface area contributed by atoms with Crippen molar-refractivity contribution in [1.82, 2.24) is 4.98 Å². The van der Waals surface area contributed by atoms with Crippen molar-refractivity contribution in [3.63, 3.8) is 0 Å². The summed E-state index contributed by atoms with van der Waals surface area (Å²) < 4.78 is 4.84. The molecule has 0 fully saturated rings. The third kappa shape index (κ3) is 1.98. The predicted octanol–water partition coefficient (Wildman–Crippen LogP) is 0.374. The van der Waals surface area contributed by atoms with Crippen molar-refractivity contribution in [2.75, 3.05) is 0 Å². The topological polar surface area (TPSA) is 43.1 Å². The van der Waals surface area contributed by atoms with Crippen LogP contribution in [0.3, 0.4) is 0 Å². The summed E-state index contributed by atoms with van der Waals surface area (Å²) >= 11 is 5.50. The number of rotatable bonds is 1. The second-order valence-corrected chi connectivity index (χ2v) is 2.67. The summed E-state index contributed by atoms with van der Waals surface area (Å²) in [5.41, 5.74) is -0.388. The Morgan fingerprint density at radius 2 is 2.15 bits per heavy atom. The number of hydrogen-bond donors (Lipinski definition) is 0. The Kier molecular flexibility index (Phi) is 3.25. The first-order valence-electron chi connectivity index (χ1n) is 3.91. The molecule has 0 aliphatic rings. The molecule has 0 aliphatic heterocycles. The number of aromatic nitrogens is 1. The lowest BCUT2D eigenvalue weighted by atomic mass is 10.4. The van der Waals surface area contributed by atoms with Gasteiger partial charge in [-0.1, -0.05) is 12.2 Å². The van der Waals surface area contributed by atoms with Crippen LogP contribution in [0.1, 0.15) is 19.7 Å². The Hall–Kier alpha value is -1.09. The maximum Gasteiger partial charge on any atom is 0.346 e. The molecule has 0 spiro atoms. The van der Waals surface area contributed by atoms with Crippen LogP contribution >= 0.6 is 11.6 Å². The van der Waals surface area contributed by atoms with Gasteiger partial charge in [0.15, 0.2) is 0 Å². The summed E-state index contributed by atoms with van der Waals surface area (Å²) in [5, 5.41) is 1.10. The summed E-state index contributed by atoms with van der Waals surface area (Å²) in [5.74, 6) is 0.366. The Labute approximate surface area is 80.4 Å². The molecule has 1 rings (SSSR count). The molecule has 0 aromatic carbocycles. The molecule has 1 aromatic rings. The monoisotopic (exact) mass is 199 g/mol. The van der Waals surface area contributed by atoms with E-state index in [-0.39, 0.29) is 17.4 Å². The molecule has 0 atom stereocenters. The van der Waals surface area contributed by atoms with E-state index in [1.165, 1.54) is 0 Å². The van der Waals surface area contributed by atoms with Crippen molar-refractivity contribution in [1.29, 1.82) is 0 Å². The summed E-state index contributed by atoms with van der Waals surface area (Å²) in [6.07, 6.45) is 3.43. The molecule has 0 bridgehead atoms. The molecule has 1 heterocycles. The largest absolute Gasteiger partial charge is 0.407 e. The van der Waals surface area contributed by atoms with Gasteiger partial charge in [-0.15, -0.1) is 11.6 Å². The minimum Gasteiger partial charge on any atom is -0.407 e. The van der Waals surface area contributed by atoms with Crippen molar-refractivity contribution in [2.24, 2.45) is 0 Å². The molecule has 4 heteroatoms. The molecule has 0 aliphatic carbocycles. The lowest BCUT2D eigenvalue weighted by Crippen LogP contribution is -2.41. The first-order chi connectivity index (χ1) is 6.22. The number of hydrogen-bond acceptors (Lipinski definition) is 3. The molecule has 0 unspecified atom stereocenters. The summed E-state index contributed by atoms with van der Waals surface area (Å²) in [6, 6.07) is 0. The van der Waals surface area contributed by atoms with Crippen LogP contribution < -0.4 is 16.2 Å². The highest BCUT2D eigenvalue weighted by Gasteiger charge is 1.99. The van der Waals surface area contributed by atoms with Gasteiger partial charge in [0.1, 0.15) is 0 Å². The van der Waals surface area contributed by atoms with E-state index in [0.29, 0.717) is 10.6 Å². The van der Waals surface area contributed by atoms with Gasteiger partial charge in [0.25, 0.3) is 0 Å². The van der Waals surface area contributed by atoms with Crippen LogP contribution in [0, 0.1) is 0 Å². The van der Waals surface area contributed by atoms with E-state index in [4.69, 9.17) is 16.0 Å². The second-order valence-electron chi connectivity index (χ2n) is 2.40. The molecule has 0 radical (unpaired) electrons. The van der Waals surface area contributed by atoms with Gasteiger partial charge in [-0.25, -0.2) is 9.78 Å². The van der Waals surface area contributed by atoms with Gasteiger partial charge >= 0.3 is 5.63 Å². The molecule has 1 aromatic heterocycles. The molecular weight excluding hydrogens is 190 g/mol. The van der Waals surface area contributed by atoms with Gasteiger partial charge in [-0.2, -0.15) is 0 Å². The highest BCUT2D eigenvalue weighted by Crippen LogP contribution is 1.90. The van der Waals surface area contributed by atoms with E-state index in [1.807, 2.05) is 6.92 Å². The van der Waals surface area contributed by atoms with Crippen molar-refractivity contribution in [2.45, 2.75) is 19.7 Å². The van der Waals surface area contributed by atoms with Gasteiger partial charge in [0.2, 0.25) is 5.89 Å². The van der Waals surface area contributed by atoms with E-state index >= 15 is 0 Å². The normalized spacial score (nSPS) is 13.8. The zero-order valence-electron chi connectivity index (χ0n) is 7.50. The number of nitrogens with zero attached hydrogens (tertiary/aromatic N) is 1. The smallest absolute Gasteiger partial charge is 0.346 e. The third-order valence-electron chi connectivity index (χ3n) is 1.63. The van der Waals surface area contributed by atoms with E-state index in [1.54, 1.807) is 19.1 Å². The number of alkyl halides is 1. The minimum atomic E-state index is -0.388. The van der Waals surface area contributed by atoms with Crippen LogP contribution in [0.5, 0.6) is 0 Å². The summed E-state index contributed by atoms with van der Waals surface area (Å²) in [7, 11) is 0. The van der Waals surface area contributed by atoms with E-state index in [9.17, 15) is 4.79 Å². The maximum atomic E-state index is 11.3. The third-order valence-corrected chi connectivity index (χ3v) is 1.86. The number of halogens is 1. The zero-order valence-corrected chi connectivity index (χ0v) is 8.26. The van der Waals surface area contributed by atoms with Gasteiger partial charge in [0.05, 0.1) is 16.4 Å². The summed E-state index contributed by atoms with van der Waals surface area (Å²) in [6.45, 7) is 3.58. The van der Waals surface area contributed by atoms with Gasteiger partial charge < -0.3 is 4.42 Å². The lowest BCUT2D eigenvalue weighted by molar-refractivity contribution is 0.443. The molecule has 3 nitrogen and oxygen atoms in total. The van der Waals surface area contributed by atoms with Crippen LogP contribution in [-0.2, 0) is 5.88 Å². The Morgan fingerprint density at radius 3 is 2.62 bits per heavy atom. The fourth-order valence-corrected chi connectivity index (χ4v) is 1.14. The average Bonchev–Trinajstić information content (AvgIpc) is 2.16. The molecule has 0 saturated heterocycles. The van der Waals surface area contributed by atoms with E-state index in [0.717, 1.165) is 0 Å². The summed E-state index contributed by atoms with van der Waals surface area (Å²) in [4.78, 5) is 15.3. The highest BCUT2D eigenvalue weighted by molar-refractivity contribution is 6.16. The quantitative estimate of drug-likeness (QED) is 0.614. The fraction of sp³-hybridized carbons (Fsp3) is 0.333. The average molecular weight is 200 g/mol. The molecule has 13 heavy (non-hydrogen) atoms. The SMILES string of the molecule is C/C=c1/nc(CCl)oc(=O)/c1=C/C. The van der Waals surface area contributed by atoms with Crippen LogP contribution in [-0.4, -0.2) is 4.98 Å². The molecule has 0 amide bonds. The predicted molar refractivity (Wildman–Crippen MR) is 51.9 cm³/mol. The molecule has 70 valence electrons. The van der Waals surface area contributed by atoms with Crippen LogP contribution in [0.15, 0.2) is 9.21 Å². The zero-order chi connectivity index (χ0) is 9.84. The van der Waals surface area contributed by atoms with Crippen molar-refractivity contribution in [3.05, 3.63) is 26.9 Å². The molecule has 0 saturated carbocycles. The Balaban J connectivity index is 3.69. The van der Waals surface area contributed by atoms with Crippen LogP contribution in [0.2, 0.25) is 0 Å². The maximum absolute atomic E-state index is 11.3. The van der Waals surface area contributed by atoms with Crippen molar-refractivity contribution >= 4 is 23.8 Å². The van der Waals surface area contributed by atoms with Crippen molar-refractivity contribution < 1.29 is 4.42 Å². The van der Waals surface area contributed by atoms with Crippen LogP contribution in [0.25, 0.3) is 12.2 Å². The minimum absolute atomic E-state index is 0.111. The molecule has 0 N–H and O–H groups in total. The van der Waals surface area contributed by atoms with Gasteiger partial charge in [-0.05, 0) is 13.8 Å².